The van der Waals surface area contributed by atoms with Gasteiger partial charge in [0, 0.05) is 12.2 Å². The summed E-state index contributed by atoms with van der Waals surface area (Å²) in [7, 11) is 4.01. The maximum atomic E-state index is 13.0. The Morgan fingerprint density at radius 1 is 1.39 bits per heavy atom. The van der Waals surface area contributed by atoms with Gasteiger partial charge in [0.05, 0.1) is 5.56 Å². The molecule has 0 aliphatic carbocycles. The number of carbonyl (C=O) groups excluding carboxylic acids is 1. The number of halogens is 1. The fraction of sp³-hybridized carbons (Fsp3) is 0.462. The molecular weight excluding hydrogens is 233 g/mol. The van der Waals surface area contributed by atoms with Crippen LogP contribution in [-0.2, 0) is 0 Å². The monoisotopic (exact) mass is 253 g/mol. The van der Waals surface area contributed by atoms with Crippen molar-refractivity contribution < 1.29 is 9.18 Å². The second-order valence-electron chi connectivity index (χ2n) is 4.50. The fourth-order valence-electron chi connectivity index (χ4n) is 1.58. The van der Waals surface area contributed by atoms with Crippen LogP contribution in [0, 0.1) is 5.82 Å². The summed E-state index contributed by atoms with van der Waals surface area (Å²) in [6, 6.07) is 3.80. The van der Waals surface area contributed by atoms with E-state index in [2.05, 4.69) is 10.2 Å². The molecule has 5 heteroatoms. The Bertz CT molecular complexity index is 407. The molecule has 18 heavy (non-hydrogen) atoms. The van der Waals surface area contributed by atoms with Crippen LogP contribution >= 0.6 is 0 Å². The minimum absolute atomic E-state index is 0.197. The van der Waals surface area contributed by atoms with Crippen molar-refractivity contribution in [2.75, 3.05) is 32.9 Å². The number of benzene rings is 1. The Labute approximate surface area is 107 Å². The summed E-state index contributed by atoms with van der Waals surface area (Å²) in [5.41, 5.74) is 6.12. The van der Waals surface area contributed by atoms with E-state index in [1.165, 1.54) is 12.1 Å². The summed E-state index contributed by atoms with van der Waals surface area (Å²) in [5, 5.41) is 2.74. The molecule has 3 N–H and O–H groups in total. The van der Waals surface area contributed by atoms with Crippen LogP contribution in [0.15, 0.2) is 18.2 Å². The molecule has 0 saturated heterocycles. The molecule has 1 aromatic carbocycles. The first-order valence-electron chi connectivity index (χ1n) is 5.98. The van der Waals surface area contributed by atoms with Crippen LogP contribution in [0.3, 0.4) is 0 Å². The maximum absolute atomic E-state index is 13.0. The van der Waals surface area contributed by atoms with Crippen LogP contribution < -0.4 is 11.1 Å². The first-order valence-corrected chi connectivity index (χ1v) is 5.98. The van der Waals surface area contributed by atoms with E-state index in [-0.39, 0.29) is 11.5 Å². The number of unbranched alkanes of at least 4 members (excludes halogenated alkanes) is 1. The second kappa shape index (κ2) is 6.96. The second-order valence-corrected chi connectivity index (χ2v) is 4.50. The first kappa shape index (κ1) is 14.4. The van der Waals surface area contributed by atoms with Crippen LogP contribution in [0.5, 0.6) is 0 Å². The molecule has 1 rings (SSSR count). The minimum atomic E-state index is -0.457. The summed E-state index contributed by atoms with van der Waals surface area (Å²) < 4.78 is 13.0. The van der Waals surface area contributed by atoms with Crippen LogP contribution in [0.4, 0.5) is 10.1 Å². The van der Waals surface area contributed by atoms with Gasteiger partial charge in [0.25, 0.3) is 5.91 Å². The zero-order valence-electron chi connectivity index (χ0n) is 10.9. The lowest BCUT2D eigenvalue weighted by Crippen LogP contribution is -2.26. The summed E-state index contributed by atoms with van der Waals surface area (Å²) in [4.78, 5) is 13.8. The molecule has 0 radical (unpaired) electrons. The Kier molecular flexibility index (Phi) is 5.58. The van der Waals surface area contributed by atoms with Gasteiger partial charge in [-0.05, 0) is 51.7 Å². The van der Waals surface area contributed by atoms with Crippen molar-refractivity contribution >= 4 is 11.6 Å². The van der Waals surface area contributed by atoms with Crippen LogP contribution in [0.1, 0.15) is 23.2 Å². The third-order valence-corrected chi connectivity index (χ3v) is 2.58. The molecule has 0 saturated carbocycles. The van der Waals surface area contributed by atoms with Gasteiger partial charge in [0.2, 0.25) is 0 Å². The Balaban J connectivity index is 2.39. The minimum Gasteiger partial charge on any atom is -0.398 e. The molecule has 1 aromatic rings. The van der Waals surface area contributed by atoms with Gasteiger partial charge < -0.3 is 16.0 Å². The third-order valence-electron chi connectivity index (χ3n) is 2.58. The molecule has 0 unspecified atom stereocenters. The van der Waals surface area contributed by atoms with Crippen LogP contribution in [0.2, 0.25) is 0 Å². The van der Waals surface area contributed by atoms with E-state index in [1.54, 1.807) is 0 Å². The van der Waals surface area contributed by atoms with Crippen molar-refractivity contribution in [3.8, 4) is 0 Å². The number of hydrogen-bond acceptors (Lipinski definition) is 3. The zero-order chi connectivity index (χ0) is 13.5. The summed E-state index contributed by atoms with van der Waals surface area (Å²) in [5.74, 6) is -0.779. The molecule has 0 fully saturated rings. The molecule has 0 heterocycles. The smallest absolute Gasteiger partial charge is 0.253 e. The van der Waals surface area contributed by atoms with Crippen molar-refractivity contribution in [2.45, 2.75) is 12.8 Å². The summed E-state index contributed by atoms with van der Waals surface area (Å²) in [6.07, 6.45) is 1.89. The quantitative estimate of drug-likeness (QED) is 0.596. The van der Waals surface area contributed by atoms with Gasteiger partial charge in [-0.3, -0.25) is 4.79 Å². The molecule has 1 amide bonds. The van der Waals surface area contributed by atoms with Crippen molar-refractivity contribution in [3.63, 3.8) is 0 Å². The Hall–Kier alpha value is -1.62. The van der Waals surface area contributed by atoms with Gasteiger partial charge in [0.1, 0.15) is 5.82 Å². The van der Waals surface area contributed by atoms with Gasteiger partial charge in [-0.25, -0.2) is 4.39 Å². The standard InChI is InChI=1S/C13H20FN3O/c1-17(2)8-4-3-7-16-13(18)11-9-10(14)5-6-12(11)15/h5-6,9H,3-4,7-8,15H2,1-2H3,(H,16,18). The van der Waals surface area contributed by atoms with E-state index in [0.29, 0.717) is 12.2 Å². The lowest BCUT2D eigenvalue weighted by Gasteiger charge is -2.10. The van der Waals surface area contributed by atoms with E-state index in [1.807, 2.05) is 14.1 Å². The molecular formula is C13H20FN3O. The van der Waals surface area contributed by atoms with Gasteiger partial charge in [0.15, 0.2) is 0 Å². The number of carbonyl (C=O) groups is 1. The van der Waals surface area contributed by atoms with Gasteiger partial charge in [-0.2, -0.15) is 0 Å². The highest BCUT2D eigenvalue weighted by Crippen LogP contribution is 2.12. The average molecular weight is 253 g/mol. The van der Waals surface area contributed by atoms with Crippen molar-refractivity contribution in [1.82, 2.24) is 10.2 Å². The summed E-state index contributed by atoms with van der Waals surface area (Å²) >= 11 is 0. The Morgan fingerprint density at radius 2 is 2.11 bits per heavy atom. The van der Waals surface area contributed by atoms with Gasteiger partial charge in [-0.15, -0.1) is 0 Å². The number of rotatable bonds is 6. The van der Waals surface area contributed by atoms with Crippen LogP contribution in [-0.4, -0.2) is 38.0 Å². The number of nitrogens with two attached hydrogens (primary N) is 1. The number of nitrogens with zero attached hydrogens (tertiary/aromatic N) is 1. The molecule has 0 aliphatic heterocycles. The molecule has 0 aliphatic rings. The predicted octanol–water partition coefficient (Wildman–Crippen LogP) is 1.48. The first-order chi connectivity index (χ1) is 8.50. The SMILES string of the molecule is CN(C)CCCCNC(=O)c1cc(F)ccc1N. The van der Waals surface area contributed by atoms with Crippen molar-refractivity contribution in [1.29, 1.82) is 0 Å². The van der Waals surface area contributed by atoms with E-state index in [4.69, 9.17) is 5.73 Å². The fourth-order valence-corrected chi connectivity index (χ4v) is 1.58. The predicted molar refractivity (Wildman–Crippen MR) is 70.9 cm³/mol. The number of nitrogens with one attached hydrogen (secondary N) is 1. The highest BCUT2D eigenvalue weighted by atomic mass is 19.1. The molecule has 100 valence electrons. The van der Waals surface area contributed by atoms with Crippen molar-refractivity contribution in [3.05, 3.63) is 29.6 Å². The highest BCUT2D eigenvalue weighted by molar-refractivity contribution is 5.99. The van der Waals surface area contributed by atoms with E-state index >= 15 is 0 Å². The topological polar surface area (TPSA) is 58.4 Å². The number of anilines is 1. The van der Waals surface area contributed by atoms with Gasteiger partial charge in [-0.1, -0.05) is 0 Å². The summed E-state index contributed by atoms with van der Waals surface area (Å²) in [6.45, 7) is 1.56. The van der Waals surface area contributed by atoms with E-state index in [9.17, 15) is 9.18 Å². The number of hydrogen-bond donors (Lipinski definition) is 2. The molecule has 0 aromatic heterocycles. The lowest BCUT2D eigenvalue weighted by atomic mass is 10.1. The molecule has 0 spiro atoms. The van der Waals surface area contributed by atoms with Crippen molar-refractivity contribution in [2.24, 2.45) is 0 Å². The number of nitrogen functional groups attached to an aromatic ring is 1. The number of amides is 1. The normalized spacial score (nSPS) is 10.7. The van der Waals surface area contributed by atoms with E-state index in [0.717, 1.165) is 25.5 Å². The average Bonchev–Trinajstić information content (AvgIpc) is 2.31. The maximum Gasteiger partial charge on any atom is 0.253 e. The highest BCUT2D eigenvalue weighted by Gasteiger charge is 2.09. The van der Waals surface area contributed by atoms with Crippen LogP contribution in [0.25, 0.3) is 0 Å². The molecule has 4 nitrogen and oxygen atoms in total. The van der Waals surface area contributed by atoms with Gasteiger partial charge >= 0.3 is 0 Å². The lowest BCUT2D eigenvalue weighted by molar-refractivity contribution is 0.0953. The largest absolute Gasteiger partial charge is 0.398 e. The molecule has 0 atom stereocenters. The molecule has 0 bridgehead atoms. The van der Waals surface area contributed by atoms with E-state index < -0.39 is 5.82 Å². The Morgan fingerprint density at radius 3 is 2.78 bits per heavy atom. The zero-order valence-corrected chi connectivity index (χ0v) is 10.9. The third kappa shape index (κ3) is 4.71.